The maximum absolute atomic E-state index is 14.4. The highest BCUT2D eigenvalue weighted by atomic mass is 19.4. The first-order valence-corrected chi connectivity index (χ1v) is 9.78. The van der Waals surface area contributed by atoms with Gasteiger partial charge in [0.05, 0.1) is 19.9 Å². The van der Waals surface area contributed by atoms with E-state index in [1.165, 1.54) is 55.8 Å². The molecule has 3 aromatic rings. The largest absolute Gasteiger partial charge is 0.497 e. The molecule has 0 saturated carbocycles. The molecule has 1 atom stereocenters. The number of amides is 2. The molecule has 33 heavy (non-hydrogen) atoms. The van der Waals surface area contributed by atoms with E-state index in [-0.39, 0.29) is 29.3 Å². The van der Waals surface area contributed by atoms with E-state index >= 15 is 0 Å². The number of furan rings is 1. The fraction of sp³-hybridized carbons (Fsp3) is 0.174. The van der Waals surface area contributed by atoms with Gasteiger partial charge in [-0.05, 0) is 36.4 Å². The highest BCUT2D eigenvalue weighted by Gasteiger charge is 2.67. The standard InChI is InChI=1S/C23H18F3N3O4/c1-32-17-11-9-16(10-12-17)20(30)28-22(23(24,25)26)21(31)29(14-18-8-5-13-33-18)19(27-22)15-6-3-2-4-7-15/h2-13H,14H2,1H3,(H,28,30)/t22-/m0/s1. The molecule has 0 spiro atoms. The van der Waals surface area contributed by atoms with Crippen LogP contribution in [0.5, 0.6) is 5.75 Å². The first-order chi connectivity index (χ1) is 15.7. The van der Waals surface area contributed by atoms with Gasteiger partial charge in [0.25, 0.3) is 11.8 Å². The molecule has 1 aliphatic rings. The predicted octanol–water partition coefficient (Wildman–Crippen LogP) is 3.77. The van der Waals surface area contributed by atoms with Crippen molar-refractivity contribution in [3.63, 3.8) is 0 Å². The highest BCUT2D eigenvalue weighted by molar-refractivity contribution is 6.16. The summed E-state index contributed by atoms with van der Waals surface area (Å²) in [4.78, 5) is 30.7. The van der Waals surface area contributed by atoms with E-state index in [2.05, 4.69) is 4.99 Å². The molecule has 2 heterocycles. The summed E-state index contributed by atoms with van der Waals surface area (Å²) in [5.74, 6) is -2.11. The Morgan fingerprint density at radius 3 is 2.36 bits per heavy atom. The molecule has 0 radical (unpaired) electrons. The van der Waals surface area contributed by atoms with Gasteiger partial charge in [0.15, 0.2) is 0 Å². The first kappa shape index (κ1) is 22.1. The third-order valence-corrected chi connectivity index (χ3v) is 5.07. The second-order valence-electron chi connectivity index (χ2n) is 7.16. The van der Waals surface area contributed by atoms with Gasteiger partial charge in [-0.3, -0.25) is 14.5 Å². The van der Waals surface area contributed by atoms with Crippen LogP contribution in [0.2, 0.25) is 0 Å². The quantitative estimate of drug-likeness (QED) is 0.611. The molecule has 0 fully saturated rings. The minimum atomic E-state index is -5.22. The van der Waals surface area contributed by atoms with Gasteiger partial charge in [-0.2, -0.15) is 13.2 Å². The number of carbonyl (C=O) groups excluding carboxylic acids is 2. The van der Waals surface area contributed by atoms with Crippen LogP contribution in [-0.2, 0) is 11.3 Å². The van der Waals surface area contributed by atoms with Crippen LogP contribution >= 0.6 is 0 Å². The normalized spacial score (nSPS) is 18.2. The van der Waals surface area contributed by atoms with Crippen LogP contribution < -0.4 is 10.1 Å². The molecule has 7 nitrogen and oxygen atoms in total. The van der Waals surface area contributed by atoms with Crippen LogP contribution in [0, 0.1) is 0 Å². The Labute approximate surface area is 186 Å². The molecule has 0 aliphatic carbocycles. The fourth-order valence-corrected chi connectivity index (χ4v) is 3.39. The molecule has 2 amide bonds. The number of rotatable bonds is 6. The van der Waals surface area contributed by atoms with Crippen molar-refractivity contribution in [3.8, 4) is 5.75 Å². The van der Waals surface area contributed by atoms with Gasteiger partial charge in [0.1, 0.15) is 17.3 Å². The van der Waals surface area contributed by atoms with Crippen molar-refractivity contribution in [2.75, 3.05) is 7.11 Å². The third-order valence-electron chi connectivity index (χ3n) is 5.07. The van der Waals surface area contributed by atoms with E-state index in [0.29, 0.717) is 5.75 Å². The van der Waals surface area contributed by atoms with Crippen LogP contribution in [-0.4, -0.2) is 41.5 Å². The molecule has 1 aliphatic heterocycles. The van der Waals surface area contributed by atoms with Gasteiger partial charge in [0, 0.05) is 11.1 Å². The van der Waals surface area contributed by atoms with Crippen LogP contribution in [0.25, 0.3) is 0 Å². The summed E-state index contributed by atoms with van der Waals surface area (Å²) >= 11 is 0. The summed E-state index contributed by atoms with van der Waals surface area (Å²) in [6.07, 6.45) is -3.87. The zero-order valence-electron chi connectivity index (χ0n) is 17.3. The van der Waals surface area contributed by atoms with Gasteiger partial charge in [0.2, 0.25) is 0 Å². The summed E-state index contributed by atoms with van der Waals surface area (Å²) in [5, 5.41) is 1.83. The smallest absolute Gasteiger partial charge is 0.442 e. The number of ether oxygens (including phenoxy) is 1. The predicted molar refractivity (Wildman–Crippen MR) is 111 cm³/mol. The van der Waals surface area contributed by atoms with Crippen molar-refractivity contribution in [2.24, 2.45) is 4.99 Å². The van der Waals surface area contributed by atoms with Gasteiger partial charge in [-0.1, -0.05) is 30.3 Å². The lowest BCUT2D eigenvalue weighted by molar-refractivity contribution is -0.196. The van der Waals surface area contributed by atoms with E-state index in [1.54, 1.807) is 24.3 Å². The summed E-state index contributed by atoms with van der Waals surface area (Å²) in [6.45, 7) is -0.296. The van der Waals surface area contributed by atoms with Crippen molar-refractivity contribution in [2.45, 2.75) is 18.4 Å². The molecule has 0 saturated heterocycles. The van der Waals surface area contributed by atoms with Gasteiger partial charge < -0.3 is 14.5 Å². The van der Waals surface area contributed by atoms with E-state index in [9.17, 15) is 22.8 Å². The number of hydrogen-bond acceptors (Lipinski definition) is 5. The van der Waals surface area contributed by atoms with Gasteiger partial charge in [-0.25, -0.2) is 4.99 Å². The lowest BCUT2D eigenvalue weighted by Gasteiger charge is -2.29. The zero-order chi connectivity index (χ0) is 23.6. The van der Waals surface area contributed by atoms with Gasteiger partial charge in [-0.15, -0.1) is 0 Å². The van der Waals surface area contributed by atoms with Crippen molar-refractivity contribution >= 4 is 17.6 Å². The van der Waals surface area contributed by atoms with Crippen LogP contribution in [0.1, 0.15) is 21.7 Å². The van der Waals surface area contributed by atoms with Crippen molar-refractivity contribution in [1.29, 1.82) is 0 Å². The Balaban J connectivity index is 1.77. The second kappa shape index (κ2) is 8.45. The summed E-state index contributed by atoms with van der Waals surface area (Å²) in [5.41, 5.74) is -3.31. The van der Waals surface area contributed by atoms with Crippen LogP contribution in [0.15, 0.2) is 82.4 Å². The zero-order valence-corrected chi connectivity index (χ0v) is 17.3. The molecule has 0 unspecified atom stereocenters. The van der Waals surface area contributed by atoms with E-state index < -0.39 is 23.7 Å². The third kappa shape index (κ3) is 4.07. The van der Waals surface area contributed by atoms with Crippen LogP contribution in [0.4, 0.5) is 13.2 Å². The molecular weight excluding hydrogens is 439 g/mol. The van der Waals surface area contributed by atoms with Crippen molar-refractivity contribution < 1.29 is 31.9 Å². The van der Waals surface area contributed by atoms with E-state index in [1.807, 2.05) is 5.32 Å². The molecule has 170 valence electrons. The van der Waals surface area contributed by atoms with Gasteiger partial charge >= 0.3 is 11.8 Å². The number of methoxy groups -OCH3 is 1. The summed E-state index contributed by atoms with van der Waals surface area (Å²) < 4.78 is 53.4. The Morgan fingerprint density at radius 2 is 1.79 bits per heavy atom. The number of alkyl halides is 3. The van der Waals surface area contributed by atoms with Crippen molar-refractivity contribution in [1.82, 2.24) is 10.2 Å². The number of carbonyl (C=O) groups is 2. The first-order valence-electron chi connectivity index (χ1n) is 9.78. The summed E-state index contributed by atoms with van der Waals surface area (Å²) in [7, 11) is 1.42. The Hall–Kier alpha value is -4.08. The minimum Gasteiger partial charge on any atom is -0.497 e. The number of halogens is 3. The molecule has 4 rings (SSSR count). The number of amidine groups is 1. The Kier molecular flexibility index (Phi) is 5.67. The average molecular weight is 457 g/mol. The van der Waals surface area contributed by atoms with E-state index in [0.717, 1.165) is 4.90 Å². The molecule has 1 aromatic heterocycles. The lowest BCUT2D eigenvalue weighted by Crippen LogP contribution is -2.63. The van der Waals surface area contributed by atoms with Crippen molar-refractivity contribution in [3.05, 3.63) is 89.9 Å². The SMILES string of the molecule is COc1ccc(C(=O)N[C@@]2(C(F)(F)F)N=C(c3ccccc3)N(Cc3ccco3)C2=O)cc1. The average Bonchev–Trinajstić information content (AvgIpc) is 3.42. The minimum absolute atomic E-state index is 0.0897. The number of benzene rings is 2. The number of aliphatic imine (C=N–C) groups is 1. The van der Waals surface area contributed by atoms with E-state index in [4.69, 9.17) is 9.15 Å². The number of nitrogens with one attached hydrogen (secondary N) is 1. The molecule has 1 N–H and O–H groups in total. The van der Waals surface area contributed by atoms with Crippen LogP contribution in [0.3, 0.4) is 0 Å². The molecule has 0 bridgehead atoms. The number of hydrogen-bond donors (Lipinski definition) is 1. The highest BCUT2D eigenvalue weighted by Crippen LogP contribution is 2.39. The maximum atomic E-state index is 14.4. The second-order valence-corrected chi connectivity index (χ2v) is 7.16. The Morgan fingerprint density at radius 1 is 1.09 bits per heavy atom. The monoisotopic (exact) mass is 457 g/mol. The fourth-order valence-electron chi connectivity index (χ4n) is 3.39. The number of nitrogens with zero attached hydrogens (tertiary/aromatic N) is 2. The lowest BCUT2D eigenvalue weighted by atomic mass is 10.1. The molecule has 2 aromatic carbocycles. The molecule has 10 heteroatoms. The Bertz CT molecular complexity index is 1180. The summed E-state index contributed by atoms with van der Waals surface area (Å²) in [6, 6.07) is 16.5. The topological polar surface area (TPSA) is 84.1 Å². The molecular formula is C23H18F3N3O4. The maximum Gasteiger partial charge on any atom is 0.442 e.